The van der Waals surface area contributed by atoms with Crippen molar-refractivity contribution in [2.75, 3.05) is 13.7 Å². The molecular formula is C11H12N2O3. The van der Waals surface area contributed by atoms with E-state index in [9.17, 15) is 4.79 Å². The molecule has 5 heteroatoms. The molecule has 1 aliphatic heterocycles. The molecule has 5 nitrogen and oxygen atoms in total. The zero-order chi connectivity index (χ0) is 11.5. The molecule has 0 bridgehead atoms. The lowest BCUT2D eigenvalue weighted by molar-refractivity contribution is 0.0576. The number of ether oxygens (including phenoxy) is 2. The van der Waals surface area contributed by atoms with Gasteiger partial charge in [-0.25, -0.2) is 9.48 Å². The molecular weight excluding hydrogens is 208 g/mol. The maximum absolute atomic E-state index is 11.6. The van der Waals surface area contributed by atoms with Gasteiger partial charge < -0.3 is 9.47 Å². The molecule has 0 fully saturated rings. The Balaban J connectivity index is 2.49. The molecule has 0 unspecified atom stereocenters. The molecule has 2 heterocycles. The fourth-order valence-electron chi connectivity index (χ4n) is 1.77. The van der Waals surface area contributed by atoms with E-state index >= 15 is 0 Å². The highest BCUT2D eigenvalue weighted by Crippen LogP contribution is 2.21. The number of carbonyl (C=O) groups is 1. The average molecular weight is 220 g/mol. The van der Waals surface area contributed by atoms with Gasteiger partial charge in [0.05, 0.1) is 26.0 Å². The first-order valence-corrected chi connectivity index (χ1v) is 4.96. The van der Waals surface area contributed by atoms with Gasteiger partial charge in [-0.3, -0.25) is 0 Å². The number of carbonyl (C=O) groups excluding carboxylic acids is 1. The summed E-state index contributed by atoms with van der Waals surface area (Å²) in [5.74, 6) is 2.04. The van der Waals surface area contributed by atoms with Gasteiger partial charge in [0.2, 0.25) is 0 Å². The first-order chi connectivity index (χ1) is 7.77. The van der Waals surface area contributed by atoms with E-state index in [1.165, 1.54) is 11.8 Å². The van der Waals surface area contributed by atoms with Gasteiger partial charge in [0.25, 0.3) is 0 Å². The van der Waals surface area contributed by atoms with Crippen molar-refractivity contribution in [3.8, 4) is 12.3 Å². The largest absolute Gasteiger partial charge is 0.464 e. The number of rotatable bonds is 2. The lowest BCUT2D eigenvalue weighted by atomic mass is 10.1. The van der Waals surface area contributed by atoms with Crippen LogP contribution in [0.25, 0.3) is 0 Å². The lowest BCUT2D eigenvalue weighted by Gasteiger charge is -2.11. The Morgan fingerprint density at radius 2 is 2.56 bits per heavy atom. The van der Waals surface area contributed by atoms with E-state index in [2.05, 4.69) is 11.0 Å². The topological polar surface area (TPSA) is 53.4 Å². The number of esters is 1. The minimum absolute atomic E-state index is 0.261. The van der Waals surface area contributed by atoms with Crippen LogP contribution in [-0.4, -0.2) is 29.5 Å². The van der Waals surface area contributed by atoms with Gasteiger partial charge in [0.15, 0.2) is 5.69 Å². The number of methoxy groups -OCH3 is 1. The summed E-state index contributed by atoms with van der Waals surface area (Å²) in [6.45, 7) is 1.28. The quantitative estimate of drug-likeness (QED) is 0.534. The van der Waals surface area contributed by atoms with Crippen LogP contribution in [0.4, 0.5) is 0 Å². The summed E-state index contributed by atoms with van der Waals surface area (Å²) in [5, 5.41) is 4.30. The molecule has 0 aromatic carbocycles. The number of aromatic nitrogens is 2. The van der Waals surface area contributed by atoms with Crippen LogP contribution in [-0.2, 0) is 29.0 Å². The van der Waals surface area contributed by atoms with E-state index in [0.717, 1.165) is 11.3 Å². The van der Waals surface area contributed by atoms with E-state index in [1.54, 1.807) is 0 Å². The Morgan fingerprint density at radius 1 is 1.75 bits per heavy atom. The fraction of sp³-hybridized carbons (Fsp3) is 0.455. The summed E-state index contributed by atoms with van der Waals surface area (Å²) >= 11 is 0. The number of hydrogen-bond donors (Lipinski definition) is 0. The van der Waals surface area contributed by atoms with Crippen molar-refractivity contribution < 1.29 is 14.3 Å². The Morgan fingerprint density at radius 3 is 3.25 bits per heavy atom. The number of nitrogens with zero attached hydrogens (tertiary/aromatic N) is 2. The smallest absolute Gasteiger partial charge is 0.356 e. The molecule has 0 radical (unpaired) electrons. The van der Waals surface area contributed by atoms with Crippen LogP contribution in [0.15, 0.2) is 0 Å². The molecule has 0 aliphatic carbocycles. The Labute approximate surface area is 93.3 Å². The molecule has 0 N–H and O–H groups in total. The Bertz CT molecular complexity index is 457. The maximum atomic E-state index is 11.6. The van der Waals surface area contributed by atoms with Crippen molar-refractivity contribution in [1.29, 1.82) is 0 Å². The summed E-state index contributed by atoms with van der Waals surface area (Å²) in [6.07, 6.45) is 5.94. The van der Waals surface area contributed by atoms with E-state index in [0.29, 0.717) is 25.3 Å². The molecule has 0 amide bonds. The van der Waals surface area contributed by atoms with Gasteiger partial charge in [-0.2, -0.15) is 5.10 Å². The SMILES string of the molecule is C#CCn1nc2c(c1C(=O)OC)COCC2. The molecule has 0 atom stereocenters. The van der Waals surface area contributed by atoms with Crippen molar-refractivity contribution in [2.45, 2.75) is 19.6 Å². The van der Waals surface area contributed by atoms with Gasteiger partial charge >= 0.3 is 5.97 Å². The highest BCUT2D eigenvalue weighted by Gasteiger charge is 2.25. The van der Waals surface area contributed by atoms with Crippen molar-refractivity contribution in [3.05, 3.63) is 17.0 Å². The van der Waals surface area contributed by atoms with Gasteiger partial charge in [-0.1, -0.05) is 5.92 Å². The minimum atomic E-state index is -0.422. The van der Waals surface area contributed by atoms with Crippen molar-refractivity contribution in [3.63, 3.8) is 0 Å². The van der Waals surface area contributed by atoms with Crippen molar-refractivity contribution in [2.24, 2.45) is 0 Å². The summed E-state index contributed by atoms with van der Waals surface area (Å²) in [7, 11) is 1.34. The normalized spacial score (nSPS) is 14.0. The van der Waals surface area contributed by atoms with Crippen LogP contribution in [0.1, 0.15) is 21.7 Å². The predicted molar refractivity (Wildman–Crippen MR) is 55.8 cm³/mol. The highest BCUT2D eigenvalue weighted by atomic mass is 16.5. The summed E-state index contributed by atoms with van der Waals surface area (Å²) in [4.78, 5) is 11.6. The second-order valence-corrected chi connectivity index (χ2v) is 3.43. The zero-order valence-corrected chi connectivity index (χ0v) is 9.02. The second-order valence-electron chi connectivity index (χ2n) is 3.43. The third-order valence-electron chi connectivity index (χ3n) is 2.48. The van der Waals surface area contributed by atoms with E-state index in [-0.39, 0.29) is 6.54 Å². The predicted octanol–water partition coefficient (Wildman–Crippen LogP) is 0.376. The van der Waals surface area contributed by atoms with E-state index < -0.39 is 5.97 Å². The lowest BCUT2D eigenvalue weighted by Crippen LogP contribution is -2.15. The third-order valence-corrected chi connectivity index (χ3v) is 2.48. The third kappa shape index (κ3) is 1.68. The summed E-state index contributed by atoms with van der Waals surface area (Å²) in [6, 6.07) is 0. The van der Waals surface area contributed by atoms with Crippen molar-refractivity contribution in [1.82, 2.24) is 9.78 Å². The molecule has 0 saturated heterocycles. The maximum Gasteiger partial charge on any atom is 0.356 e. The number of hydrogen-bond acceptors (Lipinski definition) is 4. The first-order valence-electron chi connectivity index (χ1n) is 4.96. The van der Waals surface area contributed by atoms with Crippen LogP contribution in [0, 0.1) is 12.3 Å². The first kappa shape index (κ1) is 10.7. The molecule has 1 aliphatic rings. The summed E-state index contributed by atoms with van der Waals surface area (Å²) in [5.41, 5.74) is 2.09. The number of fused-ring (bicyclic) bond motifs is 1. The molecule has 0 spiro atoms. The summed E-state index contributed by atoms with van der Waals surface area (Å²) < 4.78 is 11.5. The van der Waals surface area contributed by atoms with Crippen LogP contribution >= 0.6 is 0 Å². The second kappa shape index (κ2) is 4.37. The molecule has 2 rings (SSSR count). The van der Waals surface area contributed by atoms with Gasteiger partial charge in [0, 0.05) is 12.0 Å². The van der Waals surface area contributed by atoms with E-state index in [4.69, 9.17) is 15.9 Å². The van der Waals surface area contributed by atoms with E-state index in [1.807, 2.05) is 0 Å². The number of terminal acetylenes is 1. The molecule has 1 aromatic heterocycles. The molecule has 84 valence electrons. The fourth-order valence-corrected chi connectivity index (χ4v) is 1.77. The van der Waals surface area contributed by atoms with Gasteiger partial charge in [0.1, 0.15) is 6.54 Å². The van der Waals surface area contributed by atoms with Crippen molar-refractivity contribution >= 4 is 5.97 Å². The molecule has 16 heavy (non-hydrogen) atoms. The van der Waals surface area contributed by atoms with Gasteiger partial charge in [-0.15, -0.1) is 6.42 Å². The van der Waals surface area contributed by atoms with Gasteiger partial charge in [-0.05, 0) is 0 Å². The van der Waals surface area contributed by atoms with Crippen LogP contribution in [0.3, 0.4) is 0 Å². The zero-order valence-electron chi connectivity index (χ0n) is 9.02. The highest BCUT2D eigenvalue weighted by molar-refractivity contribution is 5.89. The Hall–Kier alpha value is -1.80. The average Bonchev–Trinajstić information content (AvgIpc) is 2.66. The van der Waals surface area contributed by atoms with Crippen LogP contribution in [0.5, 0.6) is 0 Å². The monoisotopic (exact) mass is 220 g/mol. The van der Waals surface area contributed by atoms with Crippen LogP contribution in [0.2, 0.25) is 0 Å². The standard InChI is InChI=1S/C11H12N2O3/c1-3-5-13-10(11(14)15-2)8-7-16-6-4-9(8)12-13/h1H,4-7H2,2H3. The minimum Gasteiger partial charge on any atom is -0.464 e. The molecule has 0 saturated carbocycles. The Kier molecular flexibility index (Phi) is 2.93. The van der Waals surface area contributed by atoms with Crippen LogP contribution < -0.4 is 0 Å². The molecule has 1 aromatic rings.